The molecular formula is C14H23NO6. The lowest BCUT2D eigenvalue weighted by atomic mass is 9.79. The average Bonchev–Trinajstić information content (AvgIpc) is 2.51. The molecule has 0 saturated carbocycles. The minimum atomic E-state index is -1.05. The maximum absolute atomic E-state index is 12.3. The number of aliphatic carboxylic acids is 1. The molecule has 0 spiro atoms. The molecule has 0 aromatic rings. The number of hydrogen-bond donors (Lipinski definition) is 1. The molecule has 0 radical (unpaired) electrons. The Labute approximate surface area is 124 Å². The van der Waals surface area contributed by atoms with Gasteiger partial charge in [0.25, 0.3) is 0 Å². The predicted molar refractivity (Wildman–Crippen MR) is 73.6 cm³/mol. The Morgan fingerprint density at radius 2 is 1.95 bits per heavy atom. The first kappa shape index (κ1) is 17.4. The monoisotopic (exact) mass is 301 g/mol. The number of carboxylic acids is 1. The van der Waals surface area contributed by atoms with E-state index < -0.39 is 23.5 Å². The number of esters is 1. The van der Waals surface area contributed by atoms with E-state index in [4.69, 9.17) is 4.74 Å². The average molecular weight is 301 g/mol. The number of hydrogen-bond acceptors (Lipinski definition) is 5. The minimum absolute atomic E-state index is 0.0662. The Balaban J connectivity index is 2.74. The van der Waals surface area contributed by atoms with Crippen LogP contribution in [-0.4, -0.2) is 60.8 Å². The number of carbonyl (C=O) groups is 3. The molecule has 0 aromatic carbocycles. The molecule has 21 heavy (non-hydrogen) atoms. The summed E-state index contributed by atoms with van der Waals surface area (Å²) in [5, 5.41) is 9.38. The number of nitrogens with zero attached hydrogens (tertiary/aromatic N) is 1. The predicted octanol–water partition coefficient (Wildman–Crippen LogP) is 0.668. The molecule has 0 aromatic heterocycles. The van der Waals surface area contributed by atoms with E-state index in [1.807, 2.05) is 0 Å². The summed E-state index contributed by atoms with van der Waals surface area (Å²) in [6.07, 6.45) is -0.0938. The zero-order valence-electron chi connectivity index (χ0n) is 12.8. The van der Waals surface area contributed by atoms with E-state index in [1.54, 1.807) is 13.8 Å². The smallest absolute Gasteiger partial charge is 0.336 e. The van der Waals surface area contributed by atoms with Gasteiger partial charge in [-0.1, -0.05) is 13.8 Å². The highest BCUT2D eigenvalue weighted by Gasteiger charge is 2.39. The van der Waals surface area contributed by atoms with E-state index in [1.165, 1.54) is 12.0 Å². The highest BCUT2D eigenvalue weighted by atomic mass is 16.6. The molecular weight excluding hydrogens is 278 g/mol. The fraction of sp³-hybridized carbons (Fsp3) is 0.786. The number of methoxy groups -OCH3 is 1. The lowest BCUT2D eigenvalue weighted by Gasteiger charge is -2.34. The summed E-state index contributed by atoms with van der Waals surface area (Å²) < 4.78 is 9.86. The van der Waals surface area contributed by atoms with Crippen molar-refractivity contribution in [2.45, 2.75) is 39.2 Å². The molecule has 0 aliphatic carbocycles. The van der Waals surface area contributed by atoms with Crippen molar-refractivity contribution in [3.63, 3.8) is 0 Å². The molecule has 1 saturated heterocycles. The summed E-state index contributed by atoms with van der Waals surface area (Å²) in [6.45, 7) is 4.23. The Bertz CT molecular complexity index is 404. The van der Waals surface area contributed by atoms with Gasteiger partial charge >= 0.3 is 11.9 Å². The van der Waals surface area contributed by atoms with Crippen LogP contribution in [0.25, 0.3) is 0 Å². The third-order valence-corrected chi connectivity index (χ3v) is 4.18. The number of morpholine rings is 1. The normalized spacial score (nSPS) is 19.2. The standard InChI is InChI=1S/C14H23NO6/c1-4-14(5-2,13(18)19)8-11(16)15-6-7-21-10(9-15)12(17)20-3/h10H,4-9H2,1-3H3,(H,18,19). The number of carbonyl (C=O) groups excluding carboxylic acids is 2. The maximum atomic E-state index is 12.3. The van der Waals surface area contributed by atoms with Gasteiger partial charge in [0.15, 0.2) is 6.10 Å². The third-order valence-electron chi connectivity index (χ3n) is 4.18. The molecule has 1 heterocycles. The molecule has 1 amide bonds. The first-order chi connectivity index (χ1) is 9.90. The van der Waals surface area contributed by atoms with Crippen LogP contribution >= 0.6 is 0 Å². The first-order valence-corrected chi connectivity index (χ1v) is 7.10. The lowest BCUT2D eigenvalue weighted by molar-refractivity contribution is -0.165. The van der Waals surface area contributed by atoms with Crippen LogP contribution in [0, 0.1) is 5.41 Å². The summed E-state index contributed by atoms with van der Waals surface area (Å²) in [6, 6.07) is 0. The molecule has 1 N–H and O–H groups in total. The zero-order valence-corrected chi connectivity index (χ0v) is 12.8. The van der Waals surface area contributed by atoms with Crippen LogP contribution in [0.5, 0.6) is 0 Å². The van der Waals surface area contributed by atoms with Gasteiger partial charge in [0.2, 0.25) is 5.91 Å². The van der Waals surface area contributed by atoms with Gasteiger partial charge in [0, 0.05) is 13.0 Å². The van der Waals surface area contributed by atoms with Crippen molar-refractivity contribution < 1.29 is 29.0 Å². The Morgan fingerprint density at radius 1 is 1.33 bits per heavy atom. The number of ether oxygens (including phenoxy) is 2. The van der Waals surface area contributed by atoms with E-state index >= 15 is 0 Å². The fourth-order valence-corrected chi connectivity index (χ4v) is 2.43. The van der Waals surface area contributed by atoms with Crippen LogP contribution in [0.3, 0.4) is 0 Å². The quantitative estimate of drug-likeness (QED) is 0.725. The second-order valence-corrected chi connectivity index (χ2v) is 5.19. The number of rotatable bonds is 6. The lowest BCUT2D eigenvalue weighted by Crippen LogP contribution is -2.50. The summed E-state index contributed by atoms with van der Waals surface area (Å²) in [5.74, 6) is -1.75. The van der Waals surface area contributed by atoms with E-state index in [2.05, 4.69) is 4.74 Å². The van der Waals surface area contributed by atoms with Gasteiger partial charge < -0.3 is 19.5 Å². The molecule has 120 valence electrons. The van der Waals surface area contributed by atoms with Crippen LogP contribution in [0.2, 0.25) is 0 Å². The maximum Gasteiger partial charge on any atom is 0.336 e. The first-order valence-electron chi connectivity index (χ1n) is 7.10. The number of carboxylic acid groups (broad SMARTS) is 1. The SMILES string of the molecule is CCC(CC)(CC(=O)N1CCOC(C(=O)OC)C1)C(=O)O. The van der Waals surface area contributed by atoms with Crippen molar-refractivity contribution in [3.05, 3.63) is 0 Å². The van der Waals surface area contributed by atoms with Crippen molar-refractivity contribution >= 4 is 17.8 Å². The molecule has 7 nitrogen and oxygen atoms in total. The Morgan fingerprint density at radius 3 is 2.43 bits per heavy atom. The number of amides is 1. The summed E-state index contributed by atoms with van der Waals surface area (Å²) in [7, 11) is 1.26. The zero-order chi connectivity index (χ0) is 16.0. The molecule has 1 atom stereocenters. The summed E-state index contributed by atoms with van der Waals surface area (Å²) in [4.78, 5) is 36.7. The van der Waals surface area contributed by atoms with Crippen molar-refractivity contribution in [1.82, 2.24) is 4.90 Å². The van der Waals surface area contributed by atoms with Gasteiger partial charge in [-0.05, 0) is 12.8 Å². The molecule has 1 unspecified atom stereocenters. The molecule has 1 aliphatic rings. The van der Waals surface area contributed by atoms with Crippen molar-refractivity contribution in [1.29, 1.82) is 0 Å². The van der Waals surface area contributed by atoms with Crippen LogP contribution < -0.4 is 0 Å². The second-order valence-electron chi connectivity index (χ2n) is 5.19. The highest BCUT2D eigenvalue weighted by Crippen LogP contribution is 2.32. The minimum Gasteiger partial charge on any atom is -0.481 e. The van der Waals surface area contributed by atoms with E-state index in [9.17, 15) is 19.5 Å². The van der Waals surface area contributed by atoms with Crippen LogP contribution in [0.1, 0.15) is 33.1 Å². The highest BCUT2D eigenvalue weighted by molar-refractivity contribution is 5.85. The summed E-state index contributed by atoms with van der Waals surface area (Å²) in [5.41, 5.74) is -1.05. The summed E-state index contributed by atoms with van der Waals surface area (Å²) >= 11 is 0. The van der Waals surface area contributed by atoms with Gasteiger partial charge in [0.1, 0.15) is 0 Å². The molecule has 1 rings (SSSR count). The molecule has 7 heteroatoms. The van der Waals surface area contributed by atoms with E-state index in [0.717, 1.165) is 0 Å². The molecule has 1 aliphatic heterocycles. The van der Waals surface area contributed by atoms with Gasteiger partial charge in [-0.25, -0.2) is 4.79 Å². The van der Waals surface area contributed by atoms with Crippen molar-refractivity contribution in [2.75, 3.05) is 26.8 Å². The Hall–Kier alpha value is -1.63. The van der Waals surface area contributed by atoms with E-state index in [0.29, 0.717) is 19.4 Å². The van der Waals surface area contributed by atoms with Gasteiger partial charge in [0.05, 0.1) is 25.7 Å². The van der Waals surface area contributed by atoms with Gasteiger partial charge in [-0.3, -0.25) is 9.59 Å². The van der Waals surface area contributed by atoms with Gasteiger partial charge in [-0.2, -0.15) is 0 Å². The van der Waals surface area contributed by atoms with Crippen LogP contribution in [0.15, 0.2) is 0 Å². The molecule has 0 bridgehead atoms. The van der Waals surface area contributed by atoms with Crippen molar-refractivity contribution in [2.24, 2.45) is 5.41 Å². The topological polar surface area (TPSA) is 93.1 Å². The fourth-order valence-electron chi connectivity index (χ4n) is 2.43. The third kappa shape index (κ3) is 3.93. The van der Waals surface area contributed by atoms with Gasteiger partial charge in [-0.15, -0.1) is 0 Å². The van der Waals surface area contributed by atoms with Crippen LogP contribution in [-0.2, 0) is 23.9 Å². The Kier molecular flexibility index (Phi) is 6.14. The second kappa shape index (κ2) is 7.40. The van der Waals surface area contributed by atoms with E-state index in [-0.39, 0.29) is 25.5 Å². The largest absolute Gasteiger partial charge is 0.481 e. The molecule has 1 fully saturated rings. The van der Waals surface area contributed by atoms with Crippen molar-refractivity contribution in [3.8, 4) is 0 Å². The van der Waals surface area contributed by atoms with Crippen LogP contribution in [0.4, 0.5) is 0 Å².